The van der Waals surface area contributed by atoms with Crippen LogP contribution >= 0.6 is 0 Å². The van der Waals surface area contributed by atoms with Gasteiger partial charge in [0.05, 0.1) is 31.0 Å². The first-order valence-electron chi connectivity index (χ1n) is 14.2. The molecule has 0 radical (unpaired) electrons. The molecule has 4 atom stereocenters. The van der Waals surface area contributed by atoms with E-state index in [1.165, 1.54) is 0 Å². The highest BCUT2D eigenvalue weighted by Crippen LogP contribution is 2.24. The van der Waals surface area contributed by atoms with Crippen molar-refractivity contribution in [3.8, 4) is 0 Å². The Labute approximate surface area is 241 Å². The van der Waals surface area contributed by atoms with E-state index in [2.05, 4.69) is 10.6 Å². The number of rotatable bonds is 9. The minimum atomic E-state index is -0.659. The molecule has 0 spiro atoms. The first-order valence-corrected chi connectivity index (χ1v) is 14.2. The zero-order valence-electron chi connectivity index (χ0n) is 23.2. The standard InChI is InChI=1S/C34H38N2O5/c37-24-30(21-26-14-6-2-7-15-26)36-32(38)22-28-18-10-11-19-29(20-25-12-4-1-5-13-25)34(40)41-31(23-35-33(28)39)27-16-8-3-9-17-27/h1-17,28-31,37H,18-24H2,(H,35,39)(H,36,38)/t28-,29-,30-,31+/m1/s1. The molecule has 0 bridgehead atoms. The zero-order chi connectivity index (χ0) is 28.9. The van der Waals surface area contributed by atoms with Gasteiger partial charge in [0.1, 0.15) is 6.10 Å². The molecule has 0 saturated carbocycles. The quantitative estimate of drug-likeness (QED) is 0.270. The van der Waals surface area contributed by atoms with E-state index in [0.29, 0.717) is 25.7 Å². The van der Waals surface area contributed by atoms with E-state index in [-0.39, 0.29) is 43.3 Å². The fraction of sp³-hybridized carbons (Fsp3) is 0.324. The minimum absolute atomic E-state index is 0.0231. The lowest BCUT2D eigenvalue weighted by molar-refractivity contribution is -0.154. The van der Waals surface area contributed by atoms with Crippen LogP contribution in [0.15, 0.2) is 103 Å². The maximum atomic E-state index is 13.3. The van der Waals surface area contributed by atoms with E-state index in [9.17, 15) is 19.5 Å². The van der Waals surface area contributed by atoms with Gasteiger partial charge in [-0.05, 0) is 42.4 Å². The fourth-order valence-corrected chi connectivity index (χ4v) is 5.01. The number of ether oxygens (including phenoxy) is 1. The van der Waals surface area contributed by atoms with Gasteiger partial charge in [-0.25, -0.2) is 0 Å². The second-order valence-electron chi connectivity index (χ2n) is 10.4. The molecule has 1 heterocycles. The number of esters is 1. The number of hydrogen-bond donors (Lipinski definition) is 3. The molecule has 0 unspecified atom stereocenters. The van der Waals surface area contributed by atoms with Crippen molar-refractivity contribution in [2.24, 2.45) is 11.8 Å². The highest BCUT2D eigenvalue weighted by atomic mass is 16.5. The lowest BCUT2D eigenvalue weighted by Crippen LogP contribution is -2.42. The molecule has 0 aromatic heterocycles. The van der Waals surface area contributed by atoms with E-state index < -0.39 is 18.1 Å². The van der Waals surface area contributed by atoms with Crippen LogP contribution in [-0.2, 0) is 32.0 Å². The summed E-state index contributed by atoms with van der Waals surface area (Å²) < 4.78 is 5.99. The molecule has 7 heteroatoms. The number of hydrogen-bond acceptors (Lipinski definition) is 5. The summed E-state index contributed by atoms with van der Waals surface area (Å²) in [5, 5.41) is 15.6. The Balaban J connectivity index is 1.48. The number of carbonyl (C=O) groups is 3. The van der Waals surface area contributed by atoms with Gasteiger partial charge >= 0.3 is 5.97 Å². The smallest absolute Gasteiger partial charge is 0.310 e. The Morgan fingerprint density at radius 1 is 0.854 bits per heavy atom. The number of amides is 2. The van der Waals surface area contributed by atoms with Crippen LogP contribution in [0.5, 0.6) is 0 Å². The third-order valence-corrected chi connectivity index (χ3v) is 7.27. The highest BCUT2D eigenvalue weighted by molar-refractivity contribution is 5.86. The molecule has 7 nitrogen and oxygen atoms in total. The predicted molar refractivity (Wildman–Crippen MR) is 158 cm³/mol. The Morgan fingerprint density at radius 2 is 1.44 bits per heavy atom. The van der Waals surface area contributed by atoms with Crippen molar-refractivity contribution in [1.82, 2.24) is 10.6 Å². The third-order valence-electron chi connectivity index (χ3n) is 7.27. The van der Waals surface area contributed by atoms with Crippen LogP contribution < -0.4 is 10.6 Å². The average molecular weight is 555 g/mol. The van der Waals surface area contributed by atoms with E-state index in [4.69, 9.17) is 4.74 Å². The Bertz CT molecular complexity index is 1280. The number of carbonyl (C=O) groups excluding carboxylic acids is 3. The number of aliphatic hydroxyl groups is 1. The summed E-state index contributed by atoms with van der Waals surface area (Å²) >= 11 is 0. The van der Waals surface area contributed by atoms with E-state index in [1.54, 1.807) is 0 Å². The molecule has 1 aliphatic heterocycles. The van der Waals surface area contributed by atoms with Crippen LogP contribution in [0.3, 0.4) is 0 Å². The number of benzene rings is 3. The second-order valence-corrected chi connectivity index (χ2v) is 10.4. The largest absolute Gasteiger partial charge is 0.455 e. The summed E-state index contributed by atoms with van der Waals surface area (Å²) in [5.41, 5.74) is 2.83. The summed E-state index contributed by atoms with van der Waals surface area (Å²) in [5.74, 6) is -1.89. The topological polar surface area (TPSA) is 105 Å². The van der Waals surface area contributed by atoms with E-state index in [0.717, 1.165) is 16.7 Å². The molecular formula is C34H38N2O5. The van der Waals surface area contributed by atoms with Crippen molar-refractivity contribution in [2.75, 3.05) is 13.2 Å². The number of nitrogens with one attached hydrogen (secondary N) is 2. The van der Waals surface area contributed by atoms with Crippen molar-refractivity contribution < 1.29 is 24.2 Å². The van der Waals surface area contributed by atoms with E-state index in [1.807, 2.05) is 103 Å². The fourth-order valence-electron chi connectivity index (χ4n) is 5.01. The van der Waals surface area contributed by atoms with Crippen LogP contribution in [0.2, 0.25) is 0 Å². The van der Waals surface area contributed by atoms with Crippen molar-refractivity contribution in [1.29, 1.82) is 0 Å². The molecule has 0 saturated heterocycles. The SMILES string of the molecule is O=C(C[C@H]1CC=CC[C@H](Cc2ccccc2)C(=O)O[C@H](c2ccccc2)CNC1=O)N[C@@H](CO)Cc1ccccc1. The second kappa shape index (κ2) is 15.5. The summed E-state index contributed by atoms with van der Waals surface area (Å²) in [6.07, 6.45) is 4.92. The molecule has 41 heavy (non-hydrogen) atoms. The maximum Gasteiger partial charge on any atom is 0.310 e. The summed E-state index contributed by atoms with van der Waals surface area (Å²) in [6, 6.07) is 28.4. The lowest BCUT2D eigenvalue weighted by Gasteiger charge is -2.24. The minimum Gasteiger partial charge on any atom is -0.455 e. The first kappa shape index (κ1) is 29.7. The highest BCUT2D eigenvalue weighted by Gasteiger charge is 2.28. The third kappa shape index (κ3) is 9.43. The number of cyclic esters (lactones) is 1. The molecule has 1 aliphatic rings. The summed E-state index contributed by atoms with van der Waals surface area (Å²) in [4.78, 5) is 39.6. The molecule has 2 amide bonds. The Hall–Kier alpha value is -4.23. The van der Waals surface area contributed by atoms with Gasteiger partial charge in [-0.2, -0.15) is 0 Å². The molecule has 3 aromatic rings. The Kier molecular flexibility index (Phi) is 11.3. The van der Waals surface area contributed by atoms with Gasteiger partial charge in [-0.3, -0.25) is 14.4 Å². The molecule has 4 rings (SSSR count). The summed E-state index contributed by atoms with van der Waals surface area (Å²) in [6.45, 7) is -0.105. The van der Waals surface area contributed by atoms with Gasteiger partial charge in [0.25, 0.3) is 0 Å². The van der Waals surface area contributed by atoms with Crippen molar-refractivity contribution in [2.45, 2.75) is 44.2 Å². The molecule has 3 aromatic carbocycles. The van der Waals surface area contributed by atoms with Gasteiger partial charge in [-0.15, -0.1) is 0 Å². The molecule has 0 aliphatic carbocycles. The average Bonchev–Trinajstić information content (AvgIpc) is 3.00. The van der Waals surface area contributed by atoms with Gasteiger partial charge < -0.3 is 20.5 Å². The Morgan fingerprint density at radius 3 is 2.07 bits per heavy atom. The van der Waals surface area contributed by atoms with Crippen LogP contribution in [0, 0.1) is 11.8 Å². The van der Waals surface area contributed by atoms with Crippen molar-refractivity contribution >= 4 is 17.8 Å². The normalized spacial score (nSPS) is 20.6. The van der Waals surface area contributed by atoms with Crippen molar-refractivity contribution in [3.63, 3.8) is 0 Å². The van der Waals surface area contributed by atoms with Crippen LogP contribution in [0.1, 0.15) is 42.1 Å². The molecular weight excluding hydrogens is 516 g/mol. The number of aliphatic hydroxyl groups excluding tert-OH is 1. The predicted octanol–water partition coefficient (Wildman–Crippen LogP) is 4.32. The monoisotopic (exact) mass is 554 g/mol. The van der Waals surface area contributed by atoms with Gasteiger partial charge in [0.15, 0.2) is 0 Å². The van der Waals surface area contributed by atoms with Gasteiger partial charge in [0, 0.05) is 6.42 Å². The van der Waals surface area contributed by atoms with Gasteiger partial charge in [0.2, 0.25) is 11.8 Å². The molecule has 0 fully saturated rings. The first-order chi connectivity index (χ1) is 20.0. The van der Waals surface area contributed by atoms with Crippen LogP contribution in [-0.4, -0.2) is 42.1 Å². The molecule has 214 valence electrons. The van der Waals surface area contributed by atoms with E-state index >= 15 is 0 Å². The lowest BCUT2D eigenvalue weighted by atomic mass is 9.94. The van der Waals surface area contributed by atoms with Crippen LogP contribution in [0.25, 0.3) is 0 Å². The van der Waals surface area contributed by atoms with Gasteiger partial charge in [-0.1, -0.05) is 103 Å². The number of allylic oxidation sites excluding steroid dienone is 2. The maximum absolute atomic E-state index is 13.3. The van der Waals surface area contributed by atoms with Crippen LogP contribution in [0.4, 0.5) is 0 Å². The van der Waals surface area contributed by atoms with Crippen molar-refractivity contribution in [3.05, 3.63) is 120 Å². The zero-order valence-corrected chi connectivity index (χ0v) is 23.2. The molecule has 3 N–H and O–H groups in total. The summed E-state index contributed by atoms with van der Waals surface area (Å²) in [7, 11) is 0.